The average Bonchev–Trinajstić information content (AvgIpc) is 1.96. The van der Waals surface area contributed by atoms with Gasteiger partial charge in [-0.2, -0.15) is 0 Å². The molecule has 0 atom stereocenters. The van der Waals surface area contributed by atoms with Gasteiger partial charge in [-0.25, -0.2) is 8.78 Å². The Bertz CT molecular complexity index is 302. The number of benzene rings is 1. The van der Waals surface area contributed by atoms with Gasteiger partial charge >= 0.3 is 0 Å². The van der Waals surface area contributed by atoms with E-state index >= 15 is 0 Å². The fourth-order valence-electron chi connectivity index (χ4n) is 1.15. The Morgan fingerprint density at radius 2 is 1.92 bits per heavy atom. The molecule has 0 aliphatic rings. The van der Waals surface area contributed by atoms with E-state index in [4.69, 9.17) is 0 Å². The van der Waals surface area contributed by atoms with Crippen LogP contribution in [0.2, 0.25) is 0 Å². The molecule has 1 aromatic carbocycles. The molecule has 1 rings (SSSR count). The number of halogens is 2. The van der Waals surface area contributed by atoms with E-state index in [1.54, 1.807) is 13.8 Å². The minimum Gasteiger partial charge on any atom is -0.390 e. The highest BCUT2D eigenvalue weighted by molar-refractivity contribution is 5.20. The van der Waals surface area contributed by atoms with E-state index in [0.717, 1.165) is 6.07 Å². The molecule has 1 nitrogen and oxygen atoms in total. The monoisotopic (exact) mass is 186 g/mol. The fourth-order valence-corrected chi connectivity index (χ4v) is 1.15. The zero-order valence-corrected chi connectivity index (χ0v) is 7.64. The van der Waals surface area contributed by atoms with Gasteiger partial charge in [0.2, 0.25) is 0 Å². The van der Waals surface area contributed by atoms with Crippen LogP contribution in [-0.2, 0) is 6.42 Å². The second-order valence-electron chi connectivity index (χ2n) is 3.70. The highest BCUT2D eigenvalue weighted by Crippen LogP contribution is 2.17. The molecule has 0 fully saturated rings. The largest absolute Gasteiger partial charge is 0.390 e. The molecular weight excluding hydrogens is 174 g/mol. The first-order chi connectivity index (χ1) is 5.90. The van der Waals surface area contributed by atoms with Crippen molar-refractivity contribution in [2.75, 3.05) is 0 Å². The molecule has 0 aromatic heterocycles. The first kappa shape index (κ1) is 10.1. The Balaban J connectivity index is 2.96. The Kier molecular flexibility index (Phi) is 2.66. The summed E-state index contributed by atoms with van der Waals surface area (Å²) in [4.78, 5) is 0. The second-order valence-corrected chi connectivity index (χ2v) is 3.70. The van der Waals surface area contributed by atoms with Crippen LogP contribution in [0.25, 0.3) is 0 Å². The zero-order chi connectivity index (χ0) is 10.1. The Morgan fingerprint density at radius 1 is 1.31 bits per heavy atom. The maximum Gasteiger partial charge on any atom is 0.162 e. The molecule has 0 aliphatic carbocycles. The first-order valence-corrected chi connectivity index (χ1v) is 4.05. The lowest BCUT2D eigenvalue weighted by Crippen LogP contribution is -2.22. The molecule has 0 unspecified atom stereocenters. The molecule has 13 heavy (non-hydrogen) atoms. The van der Waals surface area contributed by atoms with Crippen LogP contribution < -0.4 is 0 Å². The van der Waals surface area contributed by atoms with Crippen molar-refractivity contribution in [3.63, 3.8) is 0 Å². The second kappa shape index (κ2) is 3.42. The van der Waals surface area contributed by atoms with E-state index in [9.17, 15) is 13.9 Å². The van der Waals surface area contributed by atoms with Crippen molar-refractivity contribution in [2.45, 2.75) is 25.9 Å². The molecule has 72 valence electrons. The van der Waals surface area contributed by atoms with Crippen LogP contribution in [0.1, 0.15) is 19.4 Å². The molecule has 0 aliphatic heterocycles. The summed E-state index contributed by atoms with van der Waals surface area (Å²) in [5.74, 6) is -1.74. The zero-order valence-electron chi connectivity index (χ0n) is 7.64. The van der Waals surface area contributed by atoms with E-state index in [1.807, 2.05) is 0 Å². The van der Waals surface area contributed by atoms with Crippen LogP contribution in [0.5, 0.6) is 0 Å². The molecule has 0 spiro atoms. The smallest absolute Gasteiger partial charge is 0.162 e. The normalized spacial score (nSPS) is 11.8. The third kappa shape index (κ3) is 2.77. The molecule has 0 saturated heterocycles. The summed E-state index contributed by atoms with van der Waals surface area (Å²) in [5.41, 5.74) is -0.818. The average molecular weight is 186 g/mol. The number of hydrogen-bond acceptors (Lipinski definition) is 1. The van der Waals surface area contributed by atoms with Crippen molar-refractivity contribution in [1.29, 1.82) is 0 Å². The number of aliphatic hydroxyl groups is 1. The molecule has 1 aromatic rings. The van der Waals surface area contributed by atoms with Gasteiger partial charge in [0, 0.05) is 6.42 Å². The first-order valence-electron chi connectivity index (χ1n) is 4.05. The summed E-state index contributed by atoms with van der Waals surface area (Å²) in [5, 5.41) is 9.40. The summed E-state index contributed by atoms with van der Waals surface area (Å²) < 4.78 is 25.7. The molecule has 0 bridgehead atoms. The summed E-state index contributed by atoms with van der Waals surface area (Å²) in [6.07, 6.45) is 0.108. The predicted octanol–water partition coefficient (Wildman–Crippen LogP) is 2.28. The van der Waals surface area contributed by atoms with E-state index in [2.05, 4.69) is 0 Å². The third-order valence-corrected chi connectivity index (χ3v) is 1.65. The van der Waals surface area contributed by atoms with E-state index in [0.29, 0.717) is 0 Å². The Hall–Kier alpha value is -0.960. The third-order valence-electron chi connectivity index (χ3n) is 1.65. The molecular formula is C10H12F2O. The topological polar surface area (TPSA) is 20.2 Å². The molecule has 0 radical (unpaired) electrons. The van der Waals surface area contributed by atoms with Crippen LogP contribution >= 0.6 is 0 Å². The highest BCUT2D eigenvalue weighted by Gasteiger charge is 2.17. The van der Waals surface area contributed by atoms with Crippen molar-refractivity contribution in [2.24, 2.45) is 0 Å². The molecule has 1 N–H and O–H groups in total. The van der Waals surface area contributed by atoms with Gasteiger partial charge < -0.3 is 5.11 Å². The summed E-state index contributed by atoms with van der Waals surface area (Å²) in [6, 6.07) is 3.96. The van der Waals surface area contributed by atoms with Gasteiger partial charge in [-0.05, 0) is 25.5 Å². The van der Waals surface area contributed by atoms with Crippen LogP contribution in [0, 0.1) is 11.6 Å². The Labute approximate surface area is 76.0 Å². The summed E-state index contributed by atoms with van der Waals surface area (Å²) in [6.45, 7) is 3.11. The maximum absolute atomic E-state index is 13.0. The van der Waals surface area contributed by atoms with E-state index in [-0.39, 0.29) is 12.0 Å². The van der Waals surface area contributed by atoms with Crippen LogP contribution in [0.15, 0.2) is 18.2 Å². The van der Waals surface area contributed by atoms with Gasteiger partial charge in [-0.1, -0.05) is 12.1 Å². The van der Waals surface area contributed by atoms with E-state index < -0.39 is 17.2 Å². The van der Waals surface area contributed by atoms with Crippen molar-refractivity contribution in [1.82, 2.24) is 0 Å². The standard InChI is InChI=1S/C10H12F2O/c1-10(2,13)6-7-4-3-5-8(11)9(7)12/h3-5,13H,6H2,1-2H3. The maximum atomic E-state index is 13.0. The van der Waals surface area contributed by atoms with Gasteiger partial charge in [0.25, 0.3) is 0 Å². The minimum atomic E-state index is -1.02. The van der Waals surface area contributed by atoms with Gasteiger partial charge in [0.05, 0.1) is 5.60 Å². The lowest BCUT2D eigenvalue weighted by atomic mass is 9.98. The lowest BCUT2D eigenvalue weighted by molar-refractivity contribution is 0.0798. The van der Waals surface area contributed by atoms with E-state index in [1.165, 1.54) is 12.1 Å². The minimum absolute atomic E-state index is 0.108. The quantitative estimate of drug-likeness (QED) is 0.751. The molecule has 0 heterocycles. The lowest BCUT2D eigenvalue weighted by Gasteiger charge is -2.17. The predicted molar refractivity (Wildman–Crippen MR) is 46.4 cm³/mol. The van der Waals surface area contributed by atoms with Crippen LogP contribution in [0.4, 0.5) is 8.78 Å². The van der Waals surface area contributed by atoms with Gasteiger partial charge in [0.1, 0.15) is 0 Å². The van der Waals surface area contributed by atoms with Crippen LogP contribution in [-0.4, -0.2) is 10.7 Å². The molecule has 3 heteroatoms. The summed E-state index contributed by atoms with van der Waals surface area (Å²) >= 11 is 0. The molecule has 0 saturated carbocycles. The number of rotatable bonds is 2. The van der Waals surface area contributed by atoms with Crippen molar-refractivity contribution in [3.8, 4) is 0 Å². The van der Waals surface area contributed by atoms with Gasteiger partial charge in [-0.3, -0.25) is 0 Å². The van der Waals surface area contributed by atoms with Gasteiger partial charge in [-0.15, -0.1) is 0 Å². The summed E-state index contributed by atoms with van der Waals surface area (Å²) in [7, 11) is 0. The molecule has 0 amide bonds. The van der Waals surface area contributed by atoms with Crippen molar-refractivity contribution >= 4 is 0 Å². The fraction of sp³-hybridized carbons (Fsp3) is 0.400. The Morgan fingerprint density at radius 3 is 2.46 bits per heavy atom. The highest BCUT2D eigenvalue weighted by atomic mass is 19.2. The SMILES string of the molecule is CC(C)(O)Cc1cccc(F)c1F. The van der Waals surface area contributed by atoms with Gasteiger partial charge in [0.15, 0.2) is 11.6 Å². The van der Waals surface area contributed by atoms with Crippen molar-refractivity contribution < 1.29 is 13.9 Å². The van der Waals surface area contributed by atoms with Crippen LogP contribution in [0.3, 0.4) is 0 Å². The van der Waals surface area contributed by atoms with Crippen molar-refractivity contribution in [3.05, 3.63) is 35.4 Å². The number of hydrogen-bond donors (Lipinski definition) is 1.